The number of rotatable bonds is 8. The third kappa shape index (κ3) is 5.08. The number of aromatic nitrogens is 3. The summed E-state index contributed by atoms with van der Waals surface area (Å²) in [6.07, 6.45) is 2.32. The maximum Gasteiger partial charge on any atom is 0.272 e. The Hall–Kier alpha value is -2.97. The molecule has 0 radical (unpaired) electrons. The summed E-state index contributed by atoms with van der Waals surface area (Å²) in [6, 6.07) is 15.5. The van der Waals surface area contributed by atoms with Gasteiger partial charge in [0.1, 0.15) is 4.70 Å². The maximum atomic E-state index is 13.2. The number of fused-ring (bicyclic) bond motifs is 1. The van der Waals surface area contributed by atoms with Crippen LogP contribution in [0.1, 0.15) is 30.2 Å². The lowest BCUT2D eigenvalue weighted by Crippen LogP contribution is -2.33. The van der Waals surface area contributed by atoms with Crippen molar-refractivity contribution in [3.05, 3.63) is 87.3 Å². The van der Waals surface area contributed by atoms with Crippen LogP contribution in [-0.2, 0) is 17.9 Å². The van der Waals surface area contributed by atoms with Gasteiger partial charge in [-0.25, -0.2) is 4.98 Å². The Kier molecular flexibility index (Phi) is 7.02. The van der Waals surface area contributed by atoms with Crippen molar-refractivity contribution in [3.8, 4) is 0 Å². The average Bonchev–Trinajstić information content (AvgIpc) is 3.28. The van der Waals surface area contributed by atoms with E-state index in [1.807, 2.05) is 67.8 Å². The van der Waals surface area contributed by atoms with Crippen LogP contribution >= 0.6 is 23.1 Å². The number of thiophene rings is 1. The molecule has 0 aliphatic rings. The average molecular weight is 465 g/mol. The van der Waals surface area contributed by atoms with Gasteiger partial charge in [-0.3, -0.25) is 19.1 Å². The summed E-state index contributed by atoms with van der Waals surface area (Å²) in [7, 11) is 0. The highest BCUT2D eigenvalue weighted by Crippen LogP contribution is 2.26. The minimum absolute atomic E-state index is 0.0675. The number of hydrogen-bond acceptors (Lipinski definition) is 6. The first-order chi connectivity index (χ1) is 15.5. The number of benzene rings is 1. The smallest absolute Gasteiger partial charge is 0.272 e. The highest BCUT2D eigenvalue weighted by Gasteiger charge is 2.22. The molecule has 0 fully saturated rings. The Morgan fingerprint density at radius 1 is 1.19 bits per heavy atom. The molecule has 0 aliphatic heterocycles. The van der Waals surface area contributed by atoms with E-state index in [0.717, 1.165) is 11.3 Å². The van der Waals surface area contributed by atoms with Crippen molar-refractivity contribution in [2.75, 3.05) is 0 Å². The summed E-state index contributed by atoms with van der Waals surface area (Å²) in [6.45, 7) is 4.78. The molecule has 0 aliphatic carbocycles. The van der Waals surface area contributed by atoms with E-state index in [1.54, 1.807) is 10.8 Å². The van der Waals surface area contributed by atoms with Crippen molar-refractivity contribution in [1.82, 2.24) is 19.9 Å². The minimum Gasteiger partial charge on any atom is -0.351 e. The van der Waals surface area contributed by atoms with Gasteiger partial charge < -0.3 is 5.32 Å². The third-order valence-corrected chi connectivity index (χ3v) is 7.32. The third-order valence-electron chi connectivity index (χ3n) is 5.08. The minimum atomic E-state index is -0.363. The van der Waals surface area contributed by atoms with E-state index in [-0.39, 0.29) is 16.7 Å². The van der Waals surface area contributed by atoms with Gasteiger partial charge in [-0.2, -0.15) is 0 Å². The SMILES string of the molecule is CC[C@@H](Sc1nc2ccsc2c(=O)n1Cc1ccccn1)C(=O)NCc1ccc(C)cc1. The van der Waals surface area contributed by atoms with Gasteiger partial charge in [-0.15, -0.1) is 11.3 Å². The summed E-state index contributed by atoms with van der Waals surface area (Å²) >= 11 is 2.71. The summed E-state index contributed by atoms with van der Waals surface area (Å²) in [5.41, 5.74) is 3.56. The quantitative estimate of drug-likeness (QED) is 0.309. The normalized spacial score (nSPS) is 12.1. The molecule has 32 heavy (non-hydrogen) atoms. The van der Waals surface area contributed by atoms with Gasteiger partial charge in [0.05, 0.1) is 23.0 Å². The fourth-order valence-electron chi connectivity index (χ4n) is 3.26. The monoisotopic (exact) mass is 464 g/mol. The van der Waals surface area contributed by atoms with Gasteiger partial charge in [-0.1, -0.05) is 54.6 Å². The summed E-state index contributed by atoms with van der Waals surface area (Å²) < 4.78 is 2.24. The first-order valence-electron chi connectivity index (χ1n) is 10.4. The lowest BCUT2D eigenvalue weighted by atomic mass is 10.1. The van der Waals surface area contributed by atoms with Crippen molar-refractivity contribution < 1.29 is 4.79 Å². The lowest BCUT2D eigenvalue weighted by molar-refractivity contribution is -0.120. The van der Waals surface area contributed by atoms with E-state index in [2.05, 4.69) is 10.3 Å². The maximum absolute atomic E-state index is 13.2. The first kappa shape index (κ1) is 22.2. The van der Waals surface area contributed by atoms with Crippen LogP contribution in [-0.4, -0.2) is 25.7 Å². The number of hydrogen-bond donors (Lipinski definition) is 1. The second-order valence-electron chi connectivity index (χ2n) is 7.46. The second kappa shape index (κ2) is 10.1. The van der Waals surface area contributed by atoms with Gasteiger partial charge in [-0.05, 0) is 42.5 Å². The number of pyridine rings is 1. The largest absolute Gasteiger partial charge is 0.351 e. The molecule has 0 saturated carbocycles. The molecule has 3 heterocycles. The molecule has 0 saturated heterocycles. The van der Waals surface area contributed by atoms with E-state index >= 15 is 0 Å². The Labute approximate surface area is 194 Å². The molecule has 0 bridgehead atoms. The van der Waals surface area contributed by atoms with Crippen LogP contribution in [0.5, 0.6) is 0 Å². The number of nitrogens with one attached hydrogen (secondary N) is 1. The summed E-state index contributed by atoms with van der Waals surface area (Å²) in [5, 5.41) is 5.05. The predicted molar refractivity (Wildman–Crippen MR) is 130 cm³/mol. The van der Waals surface area contributed by atoms with Crippen molar-refractivity contribution in [3.63, 3.8) is 0 Å². The number of nitrogens with zero attached hydrogens (tertiary/aromatic N) is 3. The summed E-state index contributed by atoms with van der Waals surface area (Å²) in [4.78, 5) is 35.2. The number of amides is 1. The summed E-state index contributed by atoms with van der Waals surface area (Å²) in [5.74, 6) is -0.0675. The Morgan fingerprint density at radius 3 is 2.72 bits per heavy atom. The molecule has 0 spiro atoms. The van der Waals surface area contributed by atoms with Crippen molar-refractivity contribution >= 4 is 39.2 Å². The fraction of sp³-hybridized carbons (Fsp3) is 0.250. The van der Waals surface area contributed by atoms with Crippen LogP contribution in [0.25, 0.3) is 10.2 Å². The molecular formula is C24H24N4O2S2. The van der Waals surface area contributed by atoms with Gasteiger partial charge in [0.2, 0.25) is 5.91 Å². The number of aryl methyl sites for hydroxylation is 1. The topological polar surface area (TPSA) is 76.9 Å². The molecular weight excluding hydrogens is 440 g/mol. The van der Waals surface area contributed by atoms with E-state index in [4.69, 9.17) is 4.98 Å². The van der Waals surface area contributed by atoms with Gasteiger partial charge >= 0.3 is 0 Å². The van der Waals surface area contributed by atoms with Crippen molar-refractivity contribution in [2.24, 2.45) is 0 Å². The zero-order valence-electron chi connectivity index (χ0n) is 17.9. The highest BCUT2D eigenvalue weighted by molar-refractivity contribution is 8.00. The lowest BCUT2D eigenvalue weighted by Gasteiger charge is -2.17. The van der Waals surface area contributed by atoms with E-state index in [9.17, 15) is 9.59 Å². The van der Waals surface area contributed by atoms with Crippen LogP contribution < -0.4 is 10.9 Å². The molecule has 4 aromatic rings. The Balaban J connectivity index is 1.58. The van der Waals surface area contributed by atoms with Crippen molar-refractivity contribution in [2.45, 2.75) is 43.8 Å². The van der Waals surface area contributed by atoms with Crippen LogP contribution in [0.3, 0.4) is 0 Å². The van der Waals surface area contributed by atoms with Crippen LogP contribution in [0.15, 0.2) is 70.1 Å². The zero-order chi connectivity index (χ0) is 22.5. The molecule has 1 amide bonds. The standard InChI is InChI=1S/C24H24N4O2S2/c1-3-20(22(29)26-14-17-9-7-16(2)8-10-17)32-24-27-19-11-13-31-21(19)23(30)28(24)15-18-6-4-5-12-25-18/h4-13,20H,3,14-15H2,1-2H3,(H,26,29)/t20-/m1/s1. The van der Waals surface area contributed by atoms with Gasteiger partial charge in [0.25, 0.3) is 5.56 Å². The van der Waals surface area contributed by atoms with Crippen LogP contribution in [0.2, 0.25) is 0 Å². The molecule has 3 aromatic heterocycles. The zero-order valence-corrected chi connectivity index (χ0v) is 19.6. The van der Waals surface area contributed by atoms with E-state index in [0.29, 0.717) is 34.9 Å². The van der Waals surface area contributed by atoms with Crippen molar-refractivity contribution in [1.29, 1.82) is 0 Å². The first-order valence-corrected chi connectivity index (χ1v) is 12.2. The molecule has 1 N–H and O–H groups in total. The predicted octanol–water partition coefficient (Wildman–Crippen LogP) is 4.40. The fourth-order valence-corrected chi connectivity index (χ4v) is 5.08. The van der Waals surface area contributed by atoms with E-state index in [1.165, 1.54) is 28.7 Å². The second-order valence-corrected chi connectivity index (χ2v) is 9.55. The molecule has 4 rings (SSSR count). The molecule has 1 aromatic carbocycles. The number of carbonyl (C=O) groups excluding carboxylic acids is 1. The van der Waals surface area contributed by atoms with Gasteiger partial charge in [0, 0.05) is 12.7 Å². The molecule has 164 valence electrons. The molecule has 0 unspecified atom stereocenters. The highest BCUT2D eigenvalue weighted by atomic mass is 32.2. The molecule has 8 heteroatoms. The number of thioether (sulfide) groups is 1. The van der Waals surface area contributed by atoms with Crippen LogP contribution in [0, 0.1) is 6.92 Å². The Bertz CT molecular complexity index is 1270. The van der Waals surface area contributed by atoms with E-state index < -0.39 is 0 Å². The van der Waals surface area contributed by atoms with Crippen LogP contribution in [0.4, 0.5) is 0 Å². The number of carbonyl (C=O) groups is 1. The Morgan fingerprint density at radius 2 is 2.00 bits per heavy atom. The van der Waals surface area contributed by atoms with Gasteiger partial charge in [0.15, 0.2) is 5.16 Å². The molecule has 1 atom stereocenters. The molecule has 6 nitrogen and oxygen atoms in total.